The number of para-hydroxylation sites is 2. The van der Waals surface area contributed by atoms with Crippen LogP contribution in [0.3, 0.4) is 0 Å². The Labute approximate surface area is 325 Å². The molecule has 0 saturated carbocycles. The molecule has 5 heteroatoms. The molecule has 0 aliphatic carbocycles. The number of fused-ring (bicyclic) bond motifs is 8. The molecule has 56 heavy (non-hydrogen) atoms. The van der Waals surface area contributed by atoms with E-state index in [1.807, 2.05) is 36.4 Å². The summed E-state index contributed by atoms with van der Waals surface area (Å²) in [4.78, 5) is 16.0. The van der Waals surface area contributed by atoms with Gasteiger partial charge in [0.15, 0.2) is 17.5 Å². The fraction of sp³-hybridized carbons (Fsp3) is 0. The zero-order chi connectivity index (χ0) is 37.0. The topological polar surface area (TPSA) is 43.6 Å². The molecule has 0 fully saturated rings. The Morgan fingerprint density at radius 2 is 0.732 bits per heavy atom. The van der Waals surface area contributed by atoms with Gasteiger partial charge in [-0.15, -0.1) is 0 Å². The van der Waals surface area contributed by atoms with Gasteiger partial charge in [0.25, 0.3) is 0 Å². The highest BCUT2D eigenvalue weighted by Crippen LogP contribution is 2.38. The lowest BCUT2D eigenvalue weighted by Crippen LogP contribution is -2.53. The van der Waals surface area contributed by atoms with Crippen LogP contribution < -0.4 is 16.4 Å². The molecule has 1 aliphatic heterocycles. The second-order valence-corrected chi connectivity index (χ2v) is 14.3. The van der Waals surface area contributed by atoms with Gasteiger partial charge in [-0.1, -0.05) is 198 Å². The maximum Gasteiger partial charge on any atom is 0.243 e. The van der Waals surface area contributed by atoms with Gasteiger partial charge in [0.2, 0.25) is 6.71 Å². The third kappa shape index (κ3) is 5.13. The van der Waals surface area contributed by atoms with E-state index < -0.39 is 0 Å². The molecule has 10 aromatic rings. The number of nitrogens with zero attached hydrogens (tertiary/aromatic N) is 4. The van der Waals surface area contributed by atoms with E-state index in [1.165, 1.54) is 44.0 Å². The van der Waals surface area contributed by atoms with E-state index in [1.54, 1.807) is 0 Å². The van der Waals surface area contributed by atoms with E-state index >= 15 is 0 Å². The molecule has 0 spiro atoms. The standard InChI is InChI=1S/C51H33BN4/c1-3-18-34(19-4-1)49-53-50(35-20-5-2-6-21-35)55-51(54-49)48-44(30-17-33-47(48)56-45-31-15-11-26-40(45)41-27-12-16-32-46(41)56)52-42-28-13-9-24-38(42)36-22-7-8-23-37(36)39-25-10-14-29-43(39)52/h1-33H. The summed E-state index contributed by atoms with van der Waals surface area (Å²) in [6.07, 6.45) is 0. The van der Waals surface area contributed by atoms with Gasteiger partial charge < -0.3 is 4.57 Å². The fourth-order valence-electron chi connectivity index (χ4n) is 8.77. The third-order valence-corrected chi connectivity index (χ3v) is 11.2. The molecule has 0 radical (unpaired) electrons. The van der Waals surface area contributed by atoms with Crippen LogP contribution in [-0.2, 0) is 0 Å². The van der Waals surface area contributed by atoms with Crippen LogP contribution in [0.4, 0.5) is 0 Å². The minimum atomic E-state index is -0.144. The SMILES string of the molecule is c1ccc(-c2nc(-c3ccccc3)nc(-c3c(B4c5ccccc5-c5ccccc5-c5ccccc54)cccc3-n3c4ccccc4c4ccccc43)n2)cc1. The van der Waals surface area contributed by atoms with Crippen molar-refractivity contribution < 1.29 is 0 Å². The summed E-state index contributed by atoms with van der Waals surface area (Å²) >= 11 is 0. The highest BCUT2D eigenvalue weighted by atomic mass is 15.1. The van der Waals surface area contributed by atoms with Gasteiger partial charge in [-0.3, -0.25) is 0 Å². The van der Waals surface area contributed by atoms with Gasteiger partial charge in [0, 0.05) is 27.5 Å². The molecule has 0 atom stereocenters. The number of hydrogen-bond acceptors (Lipinski definition) is 3. The maximum absolute atomic E-state index is 5.42. The molecule has 4 nitrogen and oxygen atoms in total. The first-order valence-corrected chi connectivity index (χ1v) is 19.1. The molecule has 0 bridgehead atoms. The predicted molar refractivity (Wildman–Crippen MR) is 232 cm³/mol. The second-order valence-electron chi connectivity index (χ2n) is 14.3. The van der Waals surface area contributed by atoms with Gasteiger partial charge in [0.1, 0.15) is 0 Å². The van der Waals surface area contributed by atoms with Crippen molar-refractivity contribution in [3.63, 3.8) is 0 Å². The van der Waals surface area contributed by atoms with Crippen LogP contribution in [0.1, 0.15) is 0 Å². The molecule has 11 rings (SSSR count). The number of aromatic nitrogens is 4. The number of rotatable bonds is 5. The number of benzene rings is 8. The van der Waals surface area contributed by atoms with Crippen molar-refractivity contribution in [2.45, 2.75) is 0 Å². The van der Waals surface area contributed by atoms with E-state index in [0.29, 0.717) is 17.5 Å². The van der Waals surface area contributed by atoms with Crippen molar-refractivity contribution in [3.8, 4) is 62.1 Å². The van der Waals surface area contributed by atoms with Crippen LogP contribution in [0.2, 0.25) is 0 Å². The number of hydrogen-bond donors (Lipinski definition) is 0. The van der Waals surface area contributed by atoms with Crippen LogP contribution in [-0.4, -0.2) is 26.2 Å². The van der Waals surface area contributed by atoms with Gasteiger partial charge in [-0.05, 0) is 40.5 Å². The lowest BCUT2D eigenvalue weighted by Gasteiger charge is -2.24. The largest absolute Gasteiger partial charge is 0.309 e. The highest BCUT2D eigenvalue weighted by Gasteiger charge is 2.35. The van der Waals surface area contributed by atoms with Gasteiger partial charge in [-0.2, -0.15) is 0 Å². The van der Waals surface area contributed by atoms with Crippen LogP contribution in [0.5, 0.6) is 0 Å². The molecule has 2 aromatic heterocycles. The average molecular weight is 713 g/mol. The molecule has 8 aromatic carbocycles. The van der Waals surface area contributed by atoms with Gasteiger partial charge in [-0.25, -0.2) is 15.0 Å². The van der Waals surface area contributed by atoms with Crippen LogP contribution in [0.15, 0.2) is 200 Å². The first-order valence-electron chi connectivity index (χ1n) is 19.1. The normalized spacial score (nSPS) is 11.9. The Bertz CT molecular complexity index is 2920. The first-order chi connectivity index (χ1) is 27.8. The van der Waals surface area contributed by atoms with Crippen molar-refractivity contribution in [1.29, 1.82) is 0 Å². The fourth-order valence-corrected chi connectivity index (χ4v) is 8.77. The molecule has 1 aliphatic rings. The van der Waals surface area contributed by atoms with E-state index in [9.17, 15) is 0 Å². The zero-order valence-corrected chi connectivity index (χ0v) is 30.4. The molecule has 0 saturated heterocycles. The maximum atomic E-state index is 5.42. The Hall–Kier alpha value is -7.37. The van der Waals surface area contributed by atoms with Crippen molar-refractivity contribution in [3.05, 3.63) is 200 Å². The van der Waals surface area contributed by atoms with Gasteiger partial charge in [0.05, 0.1) is 16.7 Å². The molecular formula is C51H33BN4. The van der Waals surface area contributed by atoms with E-state index in [2.05, 4.69) is 168 Å². The Kier molecular flexibility index (Phi) is 7.56. The molecule has 260 valence electrons. The Morgan fingerprint density at radius 1 is 0.321 bits per heavy atom. The monoisotopic (exact) mass is 712 g/mol. The zero-order valence-electron chi connectivity index (χ0n) is 30.4. The van der Waals surface area contributed by atoms with Crippen molar-refractivity contribution in [2.24, 2.45) is 0 Å². The summed E-state index contributed by atoms with van der Waals surface area (Å²) in [7, 11) is 0. The van der Waals surface area contributed by atoms with Crippen LogP contribution >= 0.6 is 0 Å². The minimum Gasteiger partial charge on any atom is -0.309 e. The highest BCUT2D eigenvalue weighted by molar-refractivity contribution is 6.98. The van der Waals surface area contributed by atoms with Crippen molar-refractivity contribution >= 4 is 44.9 Å². The van der Waals surface area contributed by atoms with E-state index in [0.717, 1.165) is 38.9 Å². The summed E-state index contributed by atoms with van der Waals surface area (Å²) in [5, 5.41) is 2.40. The van der Waals surface area contributed by atoms with Crippen molar-refractivity contribution in [2.75, 3.05) is 0 Å². The molecular weight excluding hydrogens is 679 g/mol. The minimum absolute atomic E-state index is 0.144. The summed E-state index contributed by atoms with van der Waals surface area (Å²) < 4.78 is 2.40. The molecule has 0 amide bonds. The molecule has 0 N–H and O–H groups in total. The second kappa shape index (κ2) is 13.2. The summed E-state index contributed by atoms with van der Waals surface area (Å²) in [6.45, 7) is -0.144. The molecule has 3 heterocycles. The Morgan fingerprint density at radius 3 is 1.27 bits per heavy atom. The van der Waals surface area contributed by atoms with Gasteiger partial charge >= 0.3 is 0 Å². The van der Waals surface area contributed by atoms with Crippen LogP contribution in [0.25, 0.3) is 83.9 Å². The van der Waals surface area contributed by atoms with E-state index in [-0.39, 0.29) is 6.71 Å². The first kappa shape index (κ1) is 32.1. The lowest BCUT2D eigenvalue weighted by atomic mass is 9.35. The quantitative estimate of drug-likeness (QED) is 0.167. The van der Waals surface area contributed by atoms with Crippen LogP contribution in [0, 0.1) is 0 Å². The summed E-state index contributed by atoms with van der Waals surface area (Å²) in [6, 6.07) is 71.2. The molecule has 0 unspecified atom stereocenters. The average Bonchev–Trinajstić information content (AvgIpc) is 3.55. The Balaban J connectivity index is 1.30. The summed E-state index contributed by atoms with van der Waals surface area (Å²) in [5.41, 5.74) is 14.6. The lowest BCUT2D eigenvalue weighted by molar-refractivity contribution is 1.07. The predicted octanol–water partition coefficient (Wildman–Crippen LogP) is 10.1. The third-order valence-electron chi connectivity index (χ3n) is 11.2. The van der Waals surface area contributed by atoms with E-state index in [4.69, 9.17) is 15.0 Å². The van der Waals surface area contributed by atoms with Crippen molar-refractivity contribution in [1.82, 2.24) is 19.5 Å². The smallest absolute Gasteiger partial charge is 0.243 e. The summed E-state index contributed by atoms with van der Waals surface area (Å²) in [5.74, 6) is 1.89.